The summed E-state index contributed by atoms with van der Waals surface area (Å²) >= 11 is 0. The molecule has 1 unspecified atom stereocenters. The molecule has 0 rings (SSSR count). The van der Waals surface area contributed by atoms with Gasteiger partial charge < -0.3 is 15.3 Å². The zero-order valence-corrected chi connectivity index (χ0v) is 9.64. The molecule has 0 amide bonds. The van der Waals surface area contributed by atoms with Crippen LogP contribution in [0.5, 0.6) is 0 Å². The Morgan fingerprint density at radius 2 is 1.75 bits per heavy atom. The summed E-state index contributed by atoms with van der Waals surface area (Å²) in [4.78, 5) is 10.1. The van der Waals surface area contributed by atoms with Crippen molar-refractivity contribution in [3.05, 3.63) is 12.2 Å². The molecule has 4 nitrogen and oxygen atoms in total. The van der Waals surface area contributed by atoms with Gasteiger partial charge in [-0.3, -0.25) is 0 Å². The highest BCUT2D eigenvalue weighted by Gasteiger charge is 2.00. The fraction of sp³-hybridized carbons (Fsp3) is 0.750. The highest BCUT2D eigenvalue weighted by Crippen LogP contribution is 2.08. The zero-order chi connectivity index (χ0) is 12.2. The van der Waals surface area contributed by atoms with Crippen molar-refractivity contribution in [1.82, 2.24) is 0 Å². The standard InChI is InChI=1S/C12H22O4/c13-10-11(14)8-6-4-2-1-3-5-7-9-12(15)16/h7,9,11,13-14H,1-6,8,10H2,(H,15,16). The lowest BCUT2D eigenvalue weighted by Gasteiger charge is -2.05. The molecule has 3 N–H and O–H groups in total. The average Bonchev–Trinajstić information content (AvgIpc) is 2.26. The van der Waals surface area contributed by atoms with Crippen LogP contribution in [0.2, 0.25) is 0 Å². The summed E-state index contributed by atoms with van der Waals surface area (Å²) in [6, 6.07) is 0. The third kappa shape index (κ3) is 11.2. The van der Waals surface area contributed by atoms with E-state index in [0.29, 0.717) is 6.42 Å². The first-order valence-corrected chi connectivity index (χ1v) is 5.85. The van der Waals surface area contributed by atoms with Crippen LogP contribution in [0.1, 0.15) is 44.9 Å². The Morgan fingerprint density at radius 1 is 1.12 bits per heavy atom. The molecular weight excluding hydrogens is 208 g/mol. The lowest BCUT2D eigenvalue weighted by atomic mass is 10.1. The van der Waals surface area contributed by atoms with Crippen LogP contribution in [0.25, 0.3) is 0 Å². The molecular formula is C12H22O4. The van der Waals surface area contributed by atoms with Gasteiger partial charge in [0.1, 0.15) is 0 Å². The topological polar surface area (TPSA) is 77.8 Å². The van der Waals surface area contributed by atoms with Gasteiger partial charge >= 0.3 is 5.97 Å². The first-order chi connectivity index (χ1) is 7.66. The van der Waals surface area contributed by atoms with Gasteiger partial charge in [0.05, 0.1) is 12.7 Å². The Bertz CT molecular complexity index is 201. The van der Waals surface area contributed by atoms with Crippen LogP contribution in [0.3, 0.4) is 0 Å². The number of aliphatic carboxylic acids is 1. The normalized spacial score (nSPS) is 13.1. The number of aliphatic hydroxyl groups is 2. The van der Waals surface area contributed by atoms with Crippen molar-refractivity contribution in [3.63, 3.8) is 0 Å². The number of aliphatic hydroxyl groups excluding tert-OH is 2. The molecule has 0 bridgehead atoms. The summed E-state index contributed by atoms with van der Waals surface area (Å²) in [6.07, 6.45) is 8.94. The minimum absolute atomic E-state index is 0.153. The third-order valence-electron chi connectivity index (χ3n) is 2.38. The van der Waals surface area contributed by atoms with Crippen molar-refractivity contribution in [2.45, 2.75) is 51.0 Å². The summed E-state index contributed by atoms with van der Waals surface area (Å²) in [5.41, 5.74) is 0. The van der Waals surface area contributed by atoms with E-state index in [1.54, 1.807) is 6.08 Å². The lowest BCUT2D eigenvalue weighted by Crippen LogP contribution is -2.10. The highest BCUT2D eigenvalue weighted by atomic mass is 16.4. The molecule has 1 atom stereocenters. The van der Waals surface area contributed by atoms with Gasteiger partial charge in [-0.1, -0.05) is 31.8 Å². The number of allylic oxidation sites excluding steroid dienone is 1. The maximum absolute atomic E-state index is 10.1. The Kier molecular flexibility index (Phi) is 10.1. The van der Waals surface area contributed by atoms with E-state index in [1.165, 1.54) is 6.08 Å². The SMILES string of the molecule is O=C(O)C=CCCCCCCCC(O)CO. The molecule has 0 heterocycles. The number of hydrogen-bond acceptors (Lipinski definition) is 3. The quantitative estimate of drug-likeness (QED) is 0.394. The third-order valence-corrected chi connectivity index (χ3v) is 2.38. The molecule has 0 aliphatic heterocycles. The Labute approximate surface area is 96.6 Å². The molecule has 0 aliphatic rings. The summed E-state index contributed by atoms with van der Waals surface area (Å²) < 4.78 is 0. The smallest absolute Gasteiger partial charge is 0.327 e. The van der Waals surface area contributed by atoms with Crippen LogP contribution in [-0.4, -0.2) is 34.0 Å². The predicted octanol–water partition coefficient (Wildman–Crippen LogP) is 1.71. The molecule has 0 aromatic heterocycles. The monoisotopic (exact) mass is 230 g/mol. The van der Waals surface area contributed by atoms with Crippen molar-refractivity contribution in [3.8, 4) is 0 Å². The minimum Gasteiger partial charge on any atom is -0.478 e. The van der Waals surface area contributed by atoms with Gasteiger partial charge in [-0.25, -0.2) is 4.79 Å². The summed E-state index contributed by atoms with van der Waals surface area (Å²) in [5, 5.41) is 26.0. The fourth-order valence-electron chi connectivity index (χ4n) is 1.45. The van der Waals surface area contributed by atoms with Gasteiger partial charge in [-0.05, 0) is 19.3 Å². The second kappa shape index (κ2) is 10.6. The van der Waals surface area contributed by atoms with Crippen molar-refractivity contribution in [2.75, 3.05) is 6.61 Å². The number of unbranched alkanes of at least 4 members (excludes halogenated alkanes) is 5. The molecule has 16 heavy (non-hydrogen) atoms. The Morgan fingerprint density at radius 3 is 2.38 bits per heavy atom. The zero-order valence-electron chi connectivity index (χ0n) is 9.64. The minimum atomic E-state index is -0.891. The van der Waals surface area contributed by atoms with E-state index >= 15 is 0 Å². The maximum Gasteiger partial charge on any atom is 0.327 e. The molecule has 94 valence electrons. The van der Waals surface area contributed by atoms with Gasteiger partial charge in [0.25, 0.3) is 0 Å². The molecule has 0 saturated heterocycles. The van der Waals surface area contributed by atoms with Crippen LogP contribution < -0.4 is 0 Å². The Balaban J connectivity index is 3.13. The molecule has 0 aliphatic carbocycles. The van der Waals surface area contributed by atoms with Crippen LogP contribution in [0.15, 0.2) is 12.2 Å². The van der Waals surface area contributed by atoms with Crippen molar-refractivity contribution in [2.24, 2.45) is 0 Å². The molecule has 0 aromatic rings. The highest BCUT2D eigenvalue weighted by molar-refractivity contribution is 5.79. The van der Waals surface area contributed by atoms with Crippen LogP contribution in [-0.2, 0) is 4.79 Å². The van der Waals surface area contributed by atoms with E-state index in [-0.39, 0.29) is 6.61 Å². The van der Waals surface area contributed by atoms with E-state index in [0.717, 1.165) is 38.5 Å². The number of carbonyl (C=O) groups is 1. The van der Waals surface area contributed by atoms with Gasteiger partial charge in [0.15, 0.2) is 0 Å². The predicted molar refractivity (Wildman–Crippen MR) is 62.2 cm³/mol. The summed E-state index contributed by atoms with van der Waals surface area (Å²) in [7, 11) is 0. The molecule has 0 fully saturated rings. The second-order valence-electron chi connectivity index (χ2n) is 3.92. The summed E-state index contributed by atoms with van der Waals surface area (Å²) in [6.45, 7) is -0.153. The molecule has 0 saturated carbocycles. The van der Waals surface area contributed by atoms with Crippen molar-refractivity contribution < 1.29 is 20.1 Å². The maximum atomic E-state index is 10.1. The average molecular weight is 230 g/mol. The van der Waals surface area contributed by atoms with Gasteiger partial charge in [-0.2, -0.15) is 0 Å². The fourth-order valence-corrected chi connectivity index (χ4v) is 1.45. The van der Waals surface area contributed by atoms with E-state index < -0.39 is 12.1 Å². The van der Waals surface area contributed by atoms with Crippen LogP contribution >= 0.6 is 0 Å². The second-order valence-corrected chi connectivity index (χ2v) is 3.92. The molecule has 0 aromatic carbocycles. The van der Waals surface area contributed by atoms with E-state index in [1.807, 2.05) is 0 Å². The summed E-state index contributed by atoms with van der Waals surface area (Å²) in [5.74, 6) is -0.891. The van der Waals surface area contributed by atoms with E-state index in [9.17, 15) is 4.79 Å². The number of carboxylic acids is 1. The van der Waals surface area contributed by atoms with E-state index in [4.69, 9.17) is 15.3 Å². The molecule has 4 heteroatoms. The number of hydrogen-bond donors (Lipinski definition) is 3. The first kappa shape index (κ1) is 15.1. The molecule has 0 spiro atoms. The Hall–Kier alpha value is -0.870. The van der Waals surface area contributed by atoms with Crippen LogP contribution in [0.4, 0.5) is 0 Å². The number of rotatable bonds is 10. The van der Waals surface area contributed by atoms with Crippen molar-refractivity contribution in [1.29, 1.82) is 0 Å². The lowest BCUT2D eigenvalue weighted by molar-refractivity contribution is -0.131. The van der Waals surface area contributed by atoms with Gasteiger partial charge in [0.2, 0.25) is 0 Å². The molecule has 0 radical (unpaired) electrons. The van der Waals surface area contributed by atoms with Gasteiger partial charge in [0, 0.05) is 6.08 Å². The van der Waals surface area contributed by atoms with Gasteiger partial charge in [-0.15, -0.1) is 0 Å². The largest absolute Gasteiger partial charge is 0.478 e. The van der Waals surface area contributed by atoms with Crippen molar-refractivity contribution >= 4 is 5.97 Å². The van der Waals surface area contributed by atoms with E-state index in [2.05, 4.69) is 0 Å². The van der Waals surface area contributed by atoms with Crippen LogP contribution in [0, 0.1) is 0 Å². The number of carboxylic acid groups (broad SMARTS) is 1. The first-order valence-electron chi connectivity index (χ1n) is 5.85.